The first-order chi connectivity index (χ1) is 20.9. The van der Waals surface area contributed by atoms with Crippen molar-refractivity contribution in [3.8, 4) is 17.1 Å². The SMILES string of the molecule is CCC[C@@H](O)COc1ccc(Cl)c(-c2nc(/C(NC)=C(\C)C(=N)Cl)c(C)c(N3Cc4cnc(N5CC(C)(F)C5)nc4C3)n2)c1. The van der Waals surface area contributed by atoms with Gasteiger partial charge in [0.15, 0.2) is 5.82 Å². The maximum Gasteiger partial charge on any atom is 0.225 e. The van der Waals surface area contributed by atoms with Crippen LogP contribution < -0.4 is 19.9 Å². The number of ether oxygens (including phenoxy) is 1. The number of rotatable bonds is 11. The Balaban J connectivity index is 1.55. The number of fused-ring (bicyclic) bond motifs is 1. The number of anilines is 2. The quantitative estimate of drug-likeness (QED) is 0.227. The summed E-state index contributed by atoms with van der Waals surface area (Å²) < 4.78 is 20.0. The van der Waals surface area contributed by atoms with Crippen molar-refractivity contribution in [2.75, 3.05) is 36.5 Å². The molecule has 1 atom stereocenters. The van der Waals surface area contributed by atoms with Crippen LogP contribution in [0.1, 0.15) is 56.1 Å². The van der Waals surface area contributed by atoms with E-state index in [2.05, 4.69) is 15.2 Å². The van der Waals surface area contributed by atoms with E-state index in [0.29, 0.717) is 70.4 Å². The standard InChI is InChI=1S/C31H37Cl2FN8O2/c1-6-7-20(43)14-44-21-8-9-23(32)22(10-21)28-39-26(25(36-5)17(2)27(33)35)18(3)29(40-28)41-12-19-11-37-30(38-24(19)13-41)42-15-31(4,34)16-42/h8-11,20,35-36,43H,6-7,12-16H2,1-5H3/b25-17-,35-27?/t20-/m1/s1. The Hall–Kier alpha value is -3.54. The maximum absolute atomic E-state index is 14.1. The smallest absolute Gasteiger partial charge is 0.225 e. The molecule has 0 spiro atoms. The molecule has 10 nitrogen and oxygen atoms in total. The average molecular weight is 644 g/mol. The molecule has 0 radical (unpaired) electrons. The highest BCUT2D eigenvalue weighted by molar-refractivity contribution is 6.69. The van der Waals surface area contributed by atoms with Gasteiger partial charge in [0, 0.05) is 42.1 Å². The summed E-state index contributed by atoms with van der Waals surface area (Å²) in [5, 5.41) is 21.7. The van der Waals surface area contributed by atoms with E-state index < -0.39 is 11.8 Å². The summed E-state index contributed by atoms with van der Waals surface area (Å²) in [7, 11) is 1.75. The molecule has 4 heterocycles. The van der Waals surface area contributed by atoms with E-state index in [9.17, 15) is 9.50 Å². The third-order valence-electron chi connectivity index (χ3n) is 7.82. The fourth-order valence-electron chi connectivity index (χ4n) is 5.48. The lowest BCUT2D eigenvalue weighted by Gasteiger charge is -2.42. The van der Waals surface area contributed by atoms with Gasteiger partial charge in [-0.3, -0.25) is 5.41 Å². The summed E-state index contributed by atoms with van der Waals surface area (Å²) in [5.74, 6) is 2.07. The van der Waals surface area contributed by atoms with Crippen molar-refractivity contribution >= 4 is 45.8 Å². The first kappa shape index (κ1) is 31.9. The Morgan fingerprint density at radius 1 is 1.23 bits per heavy atom. The topological polar surface area (TPSA) is 123 Å². The molecule has 3 N–H and O–H groups in total. The Morgan fingerprint density at radius 3 is 2.64 bits per heavy atom. The average Bonchev–Trinajstić information content (AvgIpc) is 3.40. The van der Waals surface area contributed by atoms with Gasteiger partial charge in [-0.25, -0.2) is 24.3 Å². The highest BCUT2D eigenvalue weighted by Crippen LogP contribution is 2.37. The van der Waals surface area contributed by atoms with Crippen molar-refractivity contribution in [1.29, 1.82) is 5.41 Å². The monoisotopic (exact) mass is 642 g/mol. The zero-order valence-electron chi connectivity index (χ0n) is 25.5. The van der Waals surface area contributed by atoms with Crippen molar-refractivity contribution in [1.82, 2.24) is 25.3 Å². The number of hydrogen-bond acceptors (Lipinski definition) is 10. The lowest BCUT2D eigenvalue weighted by Crippen LogP contribution is -2.57. The Labute approximate surface area is 266 Å². The molecule has 0 aliphatic carbocycles. The third kappa shape index (κ3) is 6.60. The summed E-state index contributed by atoms with van der Waals surface area (Å²) in [6, 6.07) is 5.23. The summed E-state index contributed by atoms with van der Waals surface area (Å²) in [6.45, 7) is 8.94. The number of aliphatic hydroxyl groups excluding tert-OH is 1. The molecule has 1 saturated heterocycles. The molecule has 0 bridgehead atoms. The summed E-state index contributed by atoms with van der Waals surface area (Å²) in [6.07, 6.45) is 2.71. The number of aromatic nitrogens is 4. The zero-order chi connectivity index (χ0) is 31.8. The van der Waals surface area contributed by atoms with Crippen molar-refractivity contribution in [3.05, 3.63) is 57.5 Å². The molecular formula is C31H37Cl2FN8O2. The van der Waals surface area contributed by atoms with Crippen molar-refractivity contribution in [3.63, 3.8) is 0 Å². The first-order valence-corrected chi connectivity index (χ1v) is 15.3. The van der Waals surface area contributed by atoms with Crippen LogP contribution in [0.4, 0.5) is 16.2 Å². The minimum absolute atomic E-state index is 0.110. The van der Waals surface area contributed by atoms with E-state index >= 15 is 0 Å². The predicted molar refractivity (Wildman–Crippen MR) is 173 cm³/mol. The van der Waals surface area contributed by atoms with Crippen LogP contribution in [0.3, 0.4) is 0 Å². The van der Waals surface area contributed by atoms with Crippen LogP contribution in [0.2, 0.25) is 5.02 Å². The number of halogens is 3. The predicted octanol–water partition coefficient (Wildman–Crippen LogP) is 5.67. The lowest BCUT2D eigenvalue weighted by atomic mass is 10.00. The van der Waals surface area contributed by atoms with Gasteiger partial charge in [0.25, 0.3) is 0 Å². The molecule has 2 aliphatic rings. The van der Waals surface area contributed by atoms with Crippen LogP contribution in [0, 0.1) is 12.3 Å². The van der Waals surface area contributed by atoms with Crippen molar-refractivity contribution < 1.29 is 14.2 Å². The fourth-order valence-corrected chi connectivity index (χ4v) is 5.78. The number of nitrogens with one attached hydrogen (secondary N) is 2. The van der Waals surface area contributed by atoms with Crippen LogP contribution >= 0.6 is 23.2 Å². The van der Waals surface area contributed by atoms with Gasteiger partial charge in [0.1, 0.15) is 29.0 Å². The first-order valence-electron chi connectivity index (χ1n) is 14.6. The third-order valence-corrected chi connectivity index (χ3v) is 8.43. The molecule has 5 rings (SSSR count). The highest BCUT2D eigenvalue weighted by Gasteiger charge is 2.40. The molecule has 44 heavy (non-hydrogen) atoms. The Kier molecular flexibility index (Phi) is 9.29. The number of hydrogen-bond donors (Lipinski definition) is 3. The van der Waals surface area contributed by atoms with Gasteiger partial charge in [-0.2, -0.15) is 0 Å². The van der Waals surface area contributed by atoms with E-state index in [1.807, 2.05) is 18.7 Å². The van der Waals surface area contributed by atoms with Gasteiger partial charge < -0.3 is 25.0 Å². The number of aliphatic hydroxyl groups is 1. The maximum atomic E-state index is 14.1. The largest absolute Gasteiger partial charge is 0.491 e. The van der Waals surface area contributed by atoms with E-state index in [1.54, 1.807) is 45.3 Å². The normalized spacial score (nSPS) is 16.7. The summed E-state index contributed by atoms with van der Waals surface area (Å²) >= 11 is 12.8. The second-order valence-electron chi connectivity index (χ2n) is 11.6. The van der Waals surface area contributed by atoms with Gasteiger partial charge in [0.05, 0.1) is 47.8 Å². The molecule has 0 amide bonds. The molecule has 1 fully saturated rings. The van der Waals surface area contributed by atoms with E-state index in [0.717, 1.165) is 23.2 Å². The van der Waals surface area contributed by atoms with Crippen LogP contribution in [-0.4, -0.2) is 68.7 Å². The van der Waals surface area contributed by atoms with Crippen LogP contribution in [-0.2, 0) is 13.1 Å². The molecule has 13 heteroatoms. The second-order valence-corrected chi connectivity index (χ2v) is 12.4. The molecule has 2 aromatic heterocycles. The van der Waals surface area contributed by atoms with Crippen LogP contribution in [0.5, 0.6) is 5.75 Å². The zero-order valence-corrected chi connectivity index (χ0v) is 27.0. The van der Waals surface area contributed by atoms with Crippen LogP contribution in [0.15, 0.2) is 30.0 Å². The van der Waals surface area contributed by atoms with Gasteiger partial charge in [0.2, 0.25) is 5.95 Å². The van der Waals surface area contributed by atoms with Gasteiger partial charge in [-0.15, -0.1) is 0 Å². The van der Waals surface area contributed by atoms with Crippen LogP contribution in [0.25, 0.3) is 17.1 Å². The summed E-state index contributed by atoms with van der Waals surface area (Å²) in [5.41, 5.74) is 3.59. The fraction of sp³-hybridized carbons (Fsp3) is 0.452. The van der Waals surface area contributed by atoms with Gasteiger partial charge >= 0.3 is 0 Å². The van der Waals surface area contributed by atoms with Crippen molar-refractivity contribution in [2.45, 2.75) is 65.4 Å². The molecular weight excluding hydrogens is 606 g/mol. The highest BCUT2D eigenvalue weighted by atomic mass is 35.5. The van der Waals surface area contributed by atoms with E-state index in [-0.39, 0.29) is 24.9 Å². The van der Waals surface area contributed by atoms with Gasteiger partial charge in [-0.05, 0) is 45.4 Å². The van der Waals surface area contributed by atoms with Crippen molar-refractivity contribution in [2.24, 2.45) is 0 Å². The van der Waals surface area contributed by atoms with Gasteiger partial charge in [-0.1, -0.05) is 36.5 Å². The van der Waals surface area contributed by atoms with E-state index in [1.165, 1.54) is 0 Å². The Morgan fingerprint density at radius 2 is 1.98 bits per heavy atom. The molecule has 1 aromatic carbocycles. The summed E-state index contributed by atoms with van der Waals surface area (Å²) in [4.78, 5) is 23.1. The Bertz CT molecular complexity index is 1610. The lowest BCUT2D eigenvalue weighted by molar-refractivity contribution is 0.0994. The molecule has 0 unspecified atom stereocenters. The number of nitrogens with zero attached hydrogens (tertiary/aromatic N) is 6. The number of allylic oxidation sites excluding steroid dienone is 1. The molecule has 2 aliphatic heterocycles. The number of alkyl halides is 1. The molecule has 0 saturated carbocycles. The minimum Gasteiger partial charge on any atom is -0.491 e. The molecule has 3 aromatic rings. The number of benzene rings is 1. The second kappa shape index (κ2) is 12.8. The molecule has 234 valence electrons. The van der Waals surface area contributed by atoms with E-state index in [4.69, 9.17) is 48.3 Å². The minimum atomic E-state index is -1.23.